The number of amides is 3. The summed E-state index contributed by atoms with van der Waals surface area (Å²) in [6.07, 6.45) is 3.28. The maximum absolute atomic E-state index is 12.6. The van der Waals surface area contributed by atoms with Crippen LogP contribution in [0.4, 0.5) is 10.5 Å². The molecule has 0 bridgehead atoms. The Morgan fingerprint density at radius 3 is 2.27 bits per heavy atom. The van der Waals surface area contributed by atoms with E-state index >= 15 is 0 Å². The minimum Gasteiger partial charge on any atom is -0.481 e. The molecule has 206 valence electrons. The number of aliphatic carboxylic acids is 1. The van der Waals surface area contributed by atoms with Crippen LogP contribution in [-0.4, -0.2) is 51.0 Å². The average Bonchev–Trinajstić information content (AvgIpc) is 2.73. The van der Waals surface area contributed by atoms with Crippen LogP contribution in [0, 0.1) is 5.41 Å². The minimum absolute atomic E-state index is 0.141. The molecule has 0 aliphatic rings. The normalized spacial score (nSPS) is 14.4. The van der Waals surface area contributed by atoms with Crippen molar-refractivity contribution in [2.75, 3.05) is 11.9 Å². The molecule has 0 aliphatic carbocycles. The van der Waals surface area contributed by atoms with Gasteiger partial charge in [0.25, 0.3) is 0 Å². The maximum atomic E-state index is 12.6. The Morgan fingerprint density at radius 1 is 1.08 bits per heavy atom. The second-order valence-electron chi connectivity index (χ2n) is 9.82. The van der Waals surface area contributed by atoms with Crippen molar-refractivity contribution in [3.8, 4) is 0 Å². The molecule has 0 fully saturated rings. The van der Waals surface area contributed by atoms with Crippen LogP contribution in [0.5, 0.6) is 0 Å². The van der Waals surface area contributed by atoms with E-state index in [0.717, 1.165) is 0 Å². The summed E-state index contributed by atoms with van der Waals surface area (Å²) in [6.45, 7) is 7.79. The van der Waals surface area contributed by atoms with Crippen LogP contribution in [0.1, 0.15) is 59.4 Å². The van der Waals surface area contributed by atoms with Crippen molar-refractivity contribution in [1.29, 1.82) is 0 Å². The van der Waals surface area contributed by atoms with Crippen LogP contribution < -0.4 is 16.0 Å². The number of carbonyl (C=O) groups excluding carboxylic acids is 3. The number of alkyl carbamates (subject to hydrolysis) is 1. The highest BCUT2D eigenvalue weighted by Gasteiger charge is 2.40. The molecule has 1 aromatic rings. The van der Waals surface area contributed by atoms with Gasteiger partial charge in [0, 0.05) is 12.1 Å². The first kappa shape index (κ1) is 32.5. The molecule has 2 atom stereocenters. The van der Waals surface area contributed by atoms with E-state index in [1.54, 1.807) is 57.2 Å². The van der Waals surface area contributed by atoms with Gasteiger partial charge in [-0.05, 0) is 59.1 Å². The molecule has 0 saturated carbocycles. The number of anilines is 1. The maximum Gasteiger partial charge on any atom is 0.408 e. The Kier molecular flexibility index (Phi) is 12.2. The van der Waals surface area contributed by atoms with E-state index in [1.165, 1.54) is 13.8 Å². The molecule has 3 amide bonds. The smallest absolute Gasteiger partial charge is 0.408 e. The van der Waals surface area contributed by atoms with E-state index in [9.17, 15) is 24.3 Å². The van der Waals surface area contributed by atoms with Gasteiger partial charge in [-0.2, -0.15) is 0 Å². The van der Waals surface area contributed by atoms with Gasteiger partial charge in [0.15, 0.2) is 3.79 Å². The monoisotopic (exact) mass is 577 g/mol. The first-order valence-electron chi connectivity index (χ1n) is 11.5. The molecule has 0 aromatic heterocycles. The summed E-state index contributed by atoms with van der Waals surface area (Å²) in [5.41, 5.74) is -0.746. The number of carboxylic acid groups (broad SMARTS) is 1. The molecular formula is C25H34Cl3N3O6. The molecule has 37 heavy (non-hydrogen) atoms. The number of benzene rings is 1. The minimum atomic E-state index is -1.69. The van der Waals surface area contributed by atoms with Crippen LogP contribution in [0.15, 0.2) is 30.3 Å². The molecule has 4 N–H and O–H groups in total. The number of nitrogens with one attached hydrogen (secondary N) is 3. The molecule has 0 unspecified atom stereocenters. The van der Waals surface area contributed by atoms with Gasteiger partial charge >= 0.3 is 12.1 Å². The third kappa shape index (κ3) is 13.0. The van der Waals surface area contributed by atoms with E-state index in [4.69, 9.17) is 39.5 Å². The first-order valence-corrected chi connectivity index (χ1v) is 12.7. The fourth-order valence-corrected chi connectivity index (χ4v) is 4.03. The fraction of sp³-hybridized carbons (Fsp3) is 0.520. The van der Waals surface area contributed by atoms with Gasteiger partial charge in [-0.15, -0.1) is 0 Å². The van der Waals surface area contributed by atoms with Crippen molar-refractivity contribution in [3.05, 3.63) is 35.9 Å². The van der Waals surface area contributed by atoms with Crippen molar-refractivity contribution in [3.63, 3.8) is 0 Å². The lowest BCUT2D eigenvalue weighted by Crippen LogP contribution is -2.46. The number of hydrogen-bond acceptors (Lipinski definition) is 5. The van der Waals surface area contributed by atoms with Gasteiger partial charge in [-0.1, -0.05) is 65.2 Å². The molecule has 9 nitrogen and oxygen atoms in total. The molecular weight excluding hydrogens is 545 g/mol. The zero-order valence-corrected chi connectivity index (χ0v) is 23.8. The lowest BCUT2D eigenvalue weighted by molar-refractivity contribution is -0.148. The Morgan fingerprint density at radius 2 is 1.70 bits per heavy atom. The SMILES string of the molecule is C[C@@H](NC(=O)CNC(=O)OC(C)(C)C)C(=O)Nc1ccccc1C=CCC[C@@](C)(CC(Cl)(Cl)Cl)C(=O)O. The molecule has 1 rings (SSSR count). The summed E-state index contributed by atoms with van der Waals surface area (Å²) in [5, 5.41) is 17.2. The highest BCUT2D eigenvalue weighted by atomic mass is 35.6. The largest absolute Gasteiger partial charge is 0.481 e. The Hall–Kier alpha value is -2.49. The van der Waals surface area contributed by atoms with E-state index in [2.05, 4.69) is 16.0 Å². The number of carbonyl (C=O) groups is 4. The summed E-state index contributed by atoms with van der Waals surface area (Å²) < 4.78 is 3.37. The molecule has 0 heterocycles. The summed E-state index contributed by atoms with van der Waals surface area (Å²) in [6, 6.07) is 6.11. The van der Waals surface area contributed by atoms with Crippen LogP contribution in [0.3, 0.4) is 0 Å². The van der Waals surface area contributed by atoms with E-state index in [0.29, 0.717) is 17.7 Å². The zero-order valence-electron chi connectivity index (χ0n) is 21.5. The highest BCUT2D eigenvalue weighted by molar-refractivity contribution is 6.67. The first-order chi connectivity index (χ1) is 16.9. The van der Waals surface area contributed by atoms with E-state index < -0.39 is 44.7 Å². The number of ether oxygens (including phenoxy) is 1. The predicted octanol–water partition coefficient (Wildman–Crippen LogP) is 5.30. The van der Waals surface area contributed by atoms with Crippen LogP contribution in [0.25, 0.3) is 6.08 Å². The Labute approximate surface area is 232 Å². The van der Waals surface area contributed by atoms with Crippen molar-refractivity contribution in [2.24, 2.45) is 5.41 Å². The number of para-hydroxylation sites is 1. The predicted molar refractivity (Wildman–Crippen MR) is 146 cm³/mol. The van der Waals surface area contributed by atoms with E-state index in [1.807, 2.05) is 0 Å². The number of allylic oxidation sites excluding steroid dienone is 1. The quantitative estimate of drug-likeness (QED) is 0.263. The number of hydrogen-bond donors (Lipinski definition) is 4. The lowest BCUT2D eigenvalue weighted by atomic mass is 9.82. The van der Waals surface area contributed by atoms with E-state index in [-0.39, 0.29) is 19.4 Å². The molecule has 12 heteroatoms. The summed E-state index contributed by atoms with van der Waals surface area (Å²) >= 11 is 17.4. The van der Waals surface area contributed by atoms with Gasteiger partial charge in [-0.3, -0.25) is 14.4 Å². The summed E-state index contributed by atoms with van der Waals surface area (Å²) in [7, 11) is 0. The zero-order chi connectivity index (χ0) is 28.4. The van der Waals surface area contributed by atoms with Crippen molar-refractivity contribution in [2.45, 2.75) is 69.3 Å². The van der Waals surface area contributed by atoms with Gasteiger partial charge in [0.2, 0.25) is 11.8 Å². The molecule has 0 aliphatic heterocycles. The van der Waals surface area contributed by atoms with Crippen LogP contribution in [0.2, 0.25) is 0 Å². The lowest BCUT2D eigenvalue weighted by Gasteiger charge is -2.27. The van der Waals surface area contributed by atoms with Crippen molar-refractivity contribution >= 4 is 70.4 Å². The second kappa shape index (κ2) is 13.9. The highest BCUT2D eigenvalue weighted by Crippen LogP contribution is 2.42. The second-order valence-corrected chi connectivity index (χ2v) is 12.3. The number of carboxylic acids is 1. The molecule has 0 radical (unpaired) electrons. The Balaban J connectivity index is 2.70. The third-order valence-corrected chi connectivity index (χ3v) is 5.45. The van der Waals surface area contributed by atoms with Crippen molar-refractivity contribution in [1.82, 2.24) is 10.6 Å². The third-order valence-electron chi connectivity index (χ3n) is 5.05. The summed E-state index contributed by atoms with van der Waals surface area (Å²) in [4.78, 5) is 48.1. The van der Waals surface area contributed by atoms with Crippen LogP contribution >= 0.6 is 34.8 Å². The van der Waals surface area contributed by atoms with Gasteiger partial charge in [0.05, 0.1) is 5.41 Å². The number of rotatable bonds is 11. The van der Waals surface area contributed by atoms with Gasteiger partial charge < -0.3 is 25.8 Å². The average molecular weight is 579 g/mol. The molecule has 0 spiro atoms. The fourth-order valence-electron chi connectivity index (χ4n) is 3.15. The number of alkyl halides is 3. The molecule has 1 aromatic carbocycles. The summed E-state index contributed by atoms with van der Waals surface area (Å²) in [5.74, 6) is -2.08. The Bertz CT molecular complexity index is 1000. The molecule has 0 saturated heterocycles. The number of halogens is 3. The van der Waals surface area contributed by atoms with Gasteiger partial charge in [-0.25, -0.2) is 4.79 Å². The van der Waals surface area contributed by atoms with Crippen LogP contribution in [-0.2, 0) is 19.1 Å². The van der Waals surface area contributed by atoms with Crippen molar-refractivity contribution < 1.29 is 29.0 Å². The van der Waals surface area contributed by atoms with Gasteiger partial charge in [0.1, 0.15) is 18.2 Å². The topological polar surface area (TPSA) is 134 Å². The standard InChI is InChI=1S/C25H34Cl3N3O6/c1-16(30-19(32)14-29-22(36)37-23(2,3)4)20(33)31-18-12-7-6-10-17(18)11-8-9-13-24(5,21(34)35)15-25(26,27)28/h6-8,10-12,16H,9,13-15H2,1-5H3,(H,29,36)(H,30,32)(H,31,33)(H,34,35)/t16-,24+/m1/s1.